The highest BCUT2D eigenvalue weighted by Gasteiger charge is 2.43. The minimum atomic E-state index is -0.820. The molecule has 142 valence electrons. The fraction of sp³-hybridized carbons (Fsp3) is 0.316. The number of halogens is 1. The first-order valence-electron chi connectivity index (χ1n) is 8.58. The number of rotatable bonds is 2. The second kappa shape index (κ2) is 7.08. The molecule has 7 nitrogen and oxygen atoms in total. The third kappa shape index (κ3) is 3.42. The summed E-state index contributed by atoms with van der Waals surface area (Å²) in [5, 5.41) is 3.19. The van der Waals surface area contributed by atoms with Gasteiger partial charge < -0.3 is 11.1 Å². The number of aliphatic imine (C=N–C) groups is 1. The van der Waals surface area contributed by atoms with Gasteiger partial charge in [-0.1, -0.05) is 42.8 Å². The molecular weight excluding hydrogens is 366 g/mol. The summed E-state index contributed by atoms with van der Waals surface area (Å²) >= 11 is 6.08. The zero-order chi connectivity index (χ0) is 19.8. The number of nitrogens with two attached hydrogens (primary N) is 1. The molecule has 27 heavy (non-hydrogen) atoms. The number of carbonyl (C=O) groups excluding carboxylic acids is 2. The Kier molecular flexibility index (Phi) is 4.97. The monoisotopic (exact) mass is 387 g/mol. The highest BCUT2D eigenvalue weighted by Crippen LogP contribution is 2.38. The quantitative estimate of drug-likeness (QED) is 0.764. The van der Waals surface area contributed by atoms with Crippen molar-refractivity contribution in [2.45, 2.75) is 19.4 Å². The van der Waals surface area contributed by atoms with Crippen LogP contribution in [0.4, 0.5) is 10.5 Å². The van der Waals surface area contributed by atoms with Gasteiger partial charge in [0.2, 0.25) is 5.91 Å². The maximum absolute atomic E-state index is 12.5. The third-order valence-electron chi connectivity index (χ3n) is 5.09. The number of amides is 3. The van der Waals surface area contributed by atoms with E-state index in [1.165, 1.54) is 9.80 Å². The van der Waals surface area contributed by atoms with Crippen molar-refractivity contribution in [2.75, 3.05) is 18.9 Å². The van der Waals surface area contributed by atoms with Crippen molar-refractivity contribution in [3.05, 3.63) is 53.2 Å². The van der Waals surface area contributed by atoms with Crippen LogP contribution in [0.25, 0.3) is 0 Å². The molecular formula is C19H22ClN5O2. The number of benzene rings is 1. The first kappa shape index (κ1) is 19.0. The molecule has 0 saturated carbocycles. The van der Waals surface area contributed by atoms with Gasteiger partial charge in [-0.25, -0.2) is 9.79 Å². The lowest BCUT2D eigenvalue weighted by Crippen LogP contribution is -2.52. The molecule has 1 aromatic carbocycles. The lowest BCUT2D eigenvalue weighted by atomic mass is 9.79. The van der Waals surface area contributed by atoms with Crippen molar-refractivity contribution in [3.8, 4) is 0 Å². The molecule has 3 rings (SSSR count). The van der Waals surface area contributed by atoms with Crippen molar-refractivity contribution < 1.29 is 9.59 Å². The predicted octanol–water partition coefficient (Wildman–Crippen LogP) is 2.81. The molecule has 2 aliphatic rings. The van der Waals surface area contributed by atoms with Crippen LogP contribution in [0.3, 0.4) is 0 Å². The Hall–Kier alpha value is -2.80. The van der Waals surface area contributed by atoms with Crippen LogP contribution in [0.15, 0.2) is 52.6 Å². The van der Waals surface area contributed by atoms with E-state index in [2.05, 4.69) is 10.3 Å². The van der Waals surface area contributed by atoms with E-state index in [9.17, 15) is 9.59 Å². The highest BCUT2D eigenvalue weighted by molar-refractivity contribution is 6.30. The predicted molar refractivity (Wildman–Crippen MR) is 106 cm³/mol. The van der Waals surface area contributed by atoms with E-state index in [4.69, 9.17) is 17.3 Å². The average molecular weight is 388 g/mol. The molecule has 0 aromatic heterocycles. The van der Waals surface area contributed by atoms with E-state index in [-0.39, 0.29) is 17.9 Å². The van der Waals surface area contributed by atoms with Crippen LogP contribution in [0.5, 0.6) is 0 Å². The number of nitrogens with one attached hydrogen (secondary N) is 1. The summed E-state index contributed by atoms with van der Waals surface area (Å²) in [4.78, 5) is 32.3. The standard InChI is InChI=1S/C19H22ClN5O2/c1-12-16(26)24(3)17(21)23-19(12,2)13-7-6-8-14(11-13)22-18(27)25-10-5-4-9-15(25)20/h4-9,11-12H,10H2,1-3H3,(H2,21,23)(H,22,27)/t12-,19-/m0/s1. The van der Waals surface area contributed by atoms with Crippen LogP contribution in [0.2, 0.25) is 0 Å². The minimum Gasteiger partial charge on any atom is -0.369 e. The number of urea groups is 1. The molecule has 2 atom stereocenters. The van der Waals surface area contributed by atoms with Gasteiger partial charge in [-0.2, -0.15) is 0 Å². The molecule has 1 aromatic rings. The SMILES string of the molecule is C[C@H]1C(=O)N(C)C(N)=N[C@]1(C)c1cccc(NC(=O)N2CC=CC=C2Cl)c1. The molecule has 3 N–H and O–H groups in total. The third-order valence-corrected chi connectivity index (χ3v) is 5.42. The number of hydrogen-bond donors (Lipinski definition) is 2. The lowest BCUT2D eigenvalue weighted by molar-refractivity contribution is -0.133. The van der Waals surface area contributed by atoms with Gasteiger partial charge in [-0.05, 0) is 30.7 Å². The second-order valence-electron chi connectivity index (χ2n) is 6.78. The van der Waals surface area contributed by atoms with Crippen LogP contribution in [0, 0.1) is 5.92 Å². The van der Waals surface area contributed by atoms with Gasteiger partial charge in [0, 0.05) is 19.3 Å². The number of allylic oxidation sites excluding steroid dienone is 2. The first-order valence-corrected chi connectivity index (χ1v) is 8.96. The largest absolute Gasteiger partial charge is 0.369 e. The van der Waals surface area contributed by atoms with Gasteiger partial charge in [-0.3, -0.25) is 14.6 Å². The summed E-state index contributed by atoms with van der Waals surface area (Å²) in [6, 6.07) is 6.93. The molecule has 0 radical (unpaired) electrons. The Morgan fingerprint density at radius 1 is 1.44 bits per heavy atom. The van der Waals surface area contributed by atoms with Crippen molar-refractivity contribution in [3.63, 3.8) is 0 Å². The molecule has 0 aliphatic carbocycles. The van der Waals surface area contributed by atoms with E-state index in [1.807, 2.05) is 32.1 Å². The molecule has 2 aliphatic heterocycles. The van der Waals surface area contributed by atoms with Crippen molar-refractivity contribution in [2.24, 2.45) is 16.6 Å². The van der Waals surface area contributed by atoms with Crippen LogP contribution >= 0.6 is 11.6 Å². The van der Waals surface area contributed by atoms with Gasteiger partial charge in [0.15, 0.2) is 5.96 Å². The van der Waals surface area contributed by atoms with E-state index >= 15 is 0 Å². The van der Waals surface area contributed by atoms with Crippen LogP contribution < -0.4 is 11.1 Å². The topological polar surface area (TPSA) is 91.0 Å². The lowest BCUT2D eigenvalue weighted by Gasteiger charge is -2.39. The fourth-order valence-electron chi connectivity index (χ4n) is 3.14. The van der Waals surface area contributed by atoms with Gasteiger partial charge in [0.05, 0.1) is 11.5 Å². The molecule has 2 heterocycles. The van der Waals surface area contributed by atoms with E-state index < -0.39 is 11.5 Å². The van der Waals surface area contributed by atoms with Crippen LogP contribution in [-0.4, -0.2) is 41.3 Å². The molecule has 0 bridgehead atoms. The molecule has 3 amide bonds. The number of anilines is 1. The summed E-state index contributed by atoms with van der Waals surface area (Å²) in [7, 11) is 1.61. The number of carbonyl (C=O) groups is 2. The van der Waals surface area contributed by atoms with E-state index in [1.54, 1.807) is 31.3 Å². The minimum absolute atomic E-state index is 0.100. The van der Waals surface area contributed by atoms with Crippen molar-refractivity contribution in [1.29, 1.82) is 0 Å². The summed E-state index contributed by atoms with van der Waals surface area (Å²) in [6.07, 6.45) is 5.30. The summed E-state index contributed by atoms with van der Waals surface area (Å²) in [5.41, 5.74) is 6.48. The zero-order valence-corrected chi connectivity index (χ0v) is 16.2. The van der Waals surface area contributed by atoms with Crippen molar-refractivity contribution in [1.82, 2.24) is 9.80 Å². The molecule has 0 spiro atoms. The summed E-state index contributed by atoms with van der Waals surface area (Å²) in [5.74, 6) is -0.325. The number of guanidine groups is 1. The average Bonchev–Trinajstić information content (AvgIpc) is 2.65. The second-order valence-corrected chi connectivity index (χ2v) is 7.16. The maximum atomic E-state index is 12.5. The molecule has 0 saturated heterocycles. The molecule has 0 fully saturated rings. The zero-order valence-electron chi connectivity index (χ0n) is 15.4. The summed E-state index contributed by atoms with van der Waals surface area (Å²) < 4.78 is 0. The number of hydrogen-bond acceptors (Lipinski definition) is 4. The molecule has 0 unspecified atom stereocenters. The summed E-state index contributed by atoms with van der Waals surface area (Å²) in [6.45, 7) is 4.09. The Balaban J connectivity index is 1.88. The van der Waals surface area contributed by atoms with Gasteiger partial charge >= 0.3 is 6.03 Å². The normalized spacial score (nSPS) is 25.2. The Labute approximate surface area is 163 Å². The van der Waals surface area contributed by atoms with Gasteiger partial charge in [-0.15, -0.1) is 0 Å². The van der Waals surface area contributed by atoms with Crippen LogP contribution in [-0.2, 0) is 10.3 Å². The fourth-order valence-corrected chi connectivity index (χ4v) is 3.36. The smallest absolute Gasteiger partial charge is 0.327 e. The van der Waals surface area contributed by atoms with E-state index in [0.717, 1.165) is 5.56 Å². The van der Waals surface area contributed by atoms with E-state index in [0.29, 0.717) is 17.4 Å². The Morgan fingerprint density at radius 3 is 2.89 bits per heavy atom. The van der Waals surface area contributed by atoms with Gasteiger partial charge in [0.1, 0.15) is 5.16 Å². The van der Waals surface area contributed by atoms with Crippen LogP contribution in [0.1, 0.15) is 19.4 Å². The van der Waals surface area contributed by atoms with Gasteiger partial charge in [0.25, 0.3) is 0 Å². The maximum Gasteiger partial charge on any atom is 0.327 e. The Bertz CT molecular complexity index is 879. The Morgan fingerprint density at radius 2 is 2.19 bits per heavy atom. The number of nitrogens with zero attached hydrogens (tertiary/aromatic N) is 3. The highest BCUT2D eigenvalue weighted by atomic mass is 35.5. The molecule has 8 heteroatoms. The first-order chi connectivity index (χ1) is 12.7. The van der Waals surface area contributed by atoms with Crippen molar-refractivity contribution >= 4 is 35.2 Å².